The van der Waals surface area contributed by atoms with Gasteiger partial charge in [-0.25, -0.2) is 0 Å². The quantitative estimate of drug-likeness (QED) is 0.762. The van der Waals surface area contributed by atoms with Gasteiger partial charge in [0.1, 0.15) is 11.6 Å². The van der Waals surface area contributed by atoms with Crippen molar-refractivity contribution in [1.29, 1.82) is 0 Å². The molecule has 106 valence electrons. The smallest absolute Gasteiger partial charge is 0.191 e. The topological polar surface area (TPSA) is 39.9 Å². The van der Waals surface area contributed by atoms with Crippen LogP contribution in [-0.2, 0) is 5.75 Å². The molecule has 0 N–H and O–H groups in total. The highest BCUT2D eigenvalue weighted by molar-refractivity contribution is 9.10. The van der Waals surface area contributed by atoms with E-state index in [0.717, 1.165) is 27.0 Å². The molecule has 0 unspecified atom stereocenters. The zero-order chi connectivity index (χ0) is 14.1. The molecule has 0 aliphatic heterocycles. The Balaban J connectivity index is 1.72. The number of hydrogen-bond acceptors (Lipinski definition) is 4. The molecule has 0 atom stereocenters. The van der Waals surface area contributed by atoms with Gasteiger partial charge in [-0.2, -0.15) is 0 Å². The van der Waals surface area contributed by atoms with Crippen molar-refractivity contribution in [3.63, 3.8) is 0 Å². The second-order valence-corrected chi connectivity index (χ2v) is 6.69. The SMILES string of the molecule is COc1ccc(CSc2nnc(C)n2C2CC2)cc1Br. The van der Waals surface area contributed by atoms with E-state index in [1.807, 2.05) is 13.0 Å². The van der Waals surface area contributed by atoms with Crippen LogP contribution in [0.5, 0.6) is 5.75 Å². The monoisotopic (exact) mass is 353 g/mol. The fourth-order valence-corrected chi connectivity index (χ4v) is 3.73. The van der Waals surface area contributed by atoms with Crippen LogP contribution in [0.25, 0.3) is 0 Å². The summed E-state index contributed by atoms with van der Waals surface area (Å²) in [7, 11) is 1.68. The highest BCUT2D eigenvalue weighted by Gasteiger charge is 2.28. The lowest BCUT2D eigenvalue weighted by molar-refractivity contribution is 0.412. The Hall–Kier alpha value is -1.01. The number of thioether (sulfide) groups is 1. The largest absolute Gasteiger partial charge is 0.496 e. The van der Waals surface area contributed by atoms with Crippen LogP contribution in [-0.4, -0.2) is 21.9 Å². The van der Waals surface area contributed by atoms with Crippen LogP contribution in [0.2, 0.25) is 0 Å². The number of aromatic nitrogens is 3. The third-order valence-corrected chi connectivity index (χ3v) is 4.97. The minimum Gasteiger partial charge on any atom is -0.496 e. The van der Waals surface area contributed by atoms with E-state index in [0.29, 0.717) is 6.04 Å². The Labute approximate surface area is 131 Å². The maximum Gasteiger partial charge on any atom is 0.191 e. The van der Waals surface area contributed by atoms with Crippen molar-refractivity contribution in [2.45, 2.75) is 36.7 Å². The van der Waals surface area contributed by atoms with Crippen molar-refractivity contribution < 1.29 is 4.74 Å². The molecular weight excluding hydrogens is 338 g/mol. The maximum absolute atomic E-state index is 5.24. The number of nitrogens with zero attached hydrogens (tertiary/aromatic N) is 3. The summed E-state index contributed by atoms with van der Waals surface area (Å²) in [6.45, 7) is 2.03. The predicted molar refractivity (Wildman–Crippen MR) is 83.3 cm³/mol. The van der Waals surface area contributed by atoms with E-state index in [2.05, 4.69) is 42.8 Å². The fourth-order valence-electron chi connectivity index (χ4n) is 2.15. The van der Waals surface area contributed by atoms with E-state index in [-0.39, 0.29) is 0 Å². The first-order chi connectivity index (χ1) is 9.69. The van der Waals surface area contributed by atoms with Crippen LogP contribution in [0.3, 0.4) is 0 Å². The summed E-state index contributed by atoms with van der Waals surface area (Å²) in [5.41, 5.74) is 1.24. The van der Waals surface area contributed by atoms with E-state index in [1.54, 1.807) is 18.9 Å². The van der Waals surface area contributed by atoms with E-state index in [4.69, 9.17) is 4.74 Å². The van der Waals surface area contributed by atoms with Gasteiger partial charge in [-0.1, -0.05) is 17.8 Å². The molecule has 2 aromatic rings. The summed E-state index contributed by atoms with van der Waals surface area (Å²) < 4.78 is 8.50. The van der Waals surface area contributed by atoms with E-state index in [9.17, 15) is 0 Å². The molecule has 1 heterocycles. The van der Waals surface area contributed by atoms with Crippen molar-refractivity contribution >= 4 is 27.7 Å². The average molecular weight is 354 g/mol. The zero-order valence-electron chi connectivity index (χ0n) is 11.5. The Morgan fingerprint density at radius 1 is 1.40 bits per heavy atom. The molecule has 0 amide bonds. The first-order valence-corrected chi connectivity index (χ1v) is 8.33. The molecule has 6 heteroatoms. The second kappa shape index (κ2) is 5.77. The van der Waals surface area contributed by atoms with Crippen LogP contribution in [0.1, 0.15) is 30.3 Å². The Morgan fingerprint density at radius 2 is 2.20 bits per heavy atom. The summed E-state index contributed by atoms with van der Waals surface area (Å²) in [6.07, 6.45) is 2.50. The Kier molecular flexibility index (Phi) is 4.03. The number of aryl methyl sites for hydroxylation is 1. The number of rotatable bonds is 5. The normalized spacial score (nSPS) is 14.6. The molecule has 4 nitrogen and oxygen atoms in total. The summed E-state index contributed by atoms with van der Waals surface area (Å²) >= 11 is 5.26. The third kappa shape index (κ3) is 2.86. The summed E-state index contributed by atoms with van der Waals surface area (Å²) in [4.78, 5) is 0. The molecule has 1 fully saturated rings. The number of methoxy groups -OCH3 is 1. The van der Waals surface area contributed by atoms with Gasteiger partial charge in [0, 0.05) is 11.8 Å². The van der Waals surface area contributed by atoms with Crippen LogP contribution in [0.15, 0.2) is 27.8 Å². The Bertz CT molecular complexity index is 625. The van der Waals surface area contributed by atoms with Crippen molar-refractivity contribution in [3.05, 3.63) is 34.1 Å². The molecule has 20 heavy (non-hydrogen) atoms. The van der Waals surface area contributed by atoms with Gasteiger partial charge in [-0.3, -0.25) is 0 Å². The number of benzene rings is 1. The van der Waals surface area contributed by atoms with Gasteiger partial charge in [-0.05, 0) is 53.4 Å². The molecule has 3 rings (SSSR count). The van der Waals surface area contributed by atoms with E-state index in [1.165, 1.54) is 18.4 Å². The molecule has 1 aromatic heterocycles. The molecule has 0 radical (unpaired) electrons. The summed E-state index contributed by atoms with van der Waals surface area (Å²) in [5.74, 6) is 2.76. The van der Waals surface area contributed by atoms with Gasteiger partial charge in [-0.15, -0.1) is 10.2 Å². The molecule has 1 aliphatic rings. The van der Waals surface area contributed by atoms with Crippen LogP contribution in [0.4, 0.5) is 0 Å². The lowest BCUT2D eigenvalue weighted by atomic mass is 10.2. The van der Waals surface area contributed by atoms with Crippen LogP contribution in [0, 0.1) is 6.92 Å². The highest BCUT2D eigenvalue weighted by Crippen LogP contribution is 2.39. The number of hydrogen-bond donors (Lipinski definition) is 0. The van der Waals surface area contributed by atoms with E-state index < -0.39 is 0 Å². The van der Waals surface area contributed by atoms with Gasteiger partial charge >= 0.3 is 0 Å². The van der Waals surface area contributed by atoms with Gasteiger partial charge in [0.15, 0.2) is 5.16 Å². The number of ether oxygens (including phenoxy) is 1. The first kappa shape index (κ1) is 13.9. The molecule has 1 saturated carbocycles. The summed E-state index contributed by atoms with van der Waals surface area (Å²) in [6, 6.07) is 6.78. The standard InChI is InChI=1S/C14H16BrN3OS/c1-9-16-17-14(18(9)11-4-5-11)20-8-10-3-6-13(19-2)12(15)7-10/h3,6-7,11H,4-5,8H2,1-2H3. The number of halogens is 1. The van der Waals surface area contributed by atoms with Crippen molar-refractivity contribution in [3.8, 4) is 5.75 Å². The lowest BCUT2D eigenvalue weighted by Gasteiger charge is -2.08. The molecule has 0 spiro atoms. The Morgan fingerprint density at radius 3 is 2.85 bits per heavy atom. The minimum atomic E-state index is 0.620. The molecule has 0 saturated heterocycles. The zero-order valence-corrected chi connectivity index (χ0v) is 13.9. The molecule has 1 aliphatic carbocycles. The summed E-state index contributed by atoms with van der Waals surface area (Å²) in [5, 5.41) is 9.51. The predicted octanol–water partition coefficient (Wildman–Crippen LogP) is 3.98. The maximum atomic E-state index is 5.24. The van der Waals surface area contributed by atoms with Crippen LogP contribution < -0.4 is 4.74 Å². The highest BCUT2D eigenvalue weighted by atomic mass is 79.9. The van der Waals surface area contributed by atoms with Gasteiger partial charge in [0.25, 0.3) is 0 Å². The average Bonchev–Trinajstić information content (AvgIpc) is 3.20. The van der Waals surface area contributed by atoms with Gasteiger partial charge < -0.3 is 9.30 Å². The van der Waals surface area contributed by atoms with Crippen LogP contribution >= 0.6 is 27.7 Å². The second-order valence-electron chi connectivity index (χ2n) is 4.89. The molecular formula is C14H16BrN3OS. The van der Waals surface area contributed by atoms with Gasteiger partial charge in [0.05, 0.1) is 11.6 Å². The molecule has 0 bridgehead atoms. The fraction of sp³-hybridized carbons (Fsp3) is 0.429. The molecule has 1 aromatic carbocycles. The first-order valence-electron chi connectivity index (χ1n) is 6.55. The third-order valence-electron chi connectivity index (χ3n) is 3.33. The van der Waals surface area contributed by atoms with Gasteiger partial charge in [0.2, 0.25) is 0 Å². The van der Waals surface area contributed by atoms with E-state index >= 15 is 0 Å². The van der Waals surface area contributed by atoms with Crippen molar-refractivity contribution in [1.82, 2.24) is 14.8 Å². The minimum absolute atomic E-state index is 0.620. The lowest BCUT2D eigenvalue weighted by Crippen LogP contribution is -1.99. The van der Waals surface area contributed by atoms with Crippen molar-refractivity contribution in [2.24, 2.45) is 0 Å². The van der Waals surface area contributed by atoms with Crippen molar-refractivity contribution in [2.75, 3.05) is 7.11 Å².